The smallest absolute Gasteiger partial charge is 0.160 e. The van der Waals surface area contributed by atoms with Gasteiger partial charge in [-0.25, -0.2) is 0 Å². The summed E-state index contributed by atoms with van der Waals surface area (Å²) in [6, 6.07) is 2.09. The van der Waals surface area contributed by atoms with Gasteiger partial charge < -0.3 is 15.0 Å². The maximum absolute atomic E-state index is 5.39. The monoisotopic (exact) mass is 249 g/mol. The summed E-state index contributed by atoms with van der Waals surface area (Å²) in [6.45, 7) is 5.36. The van der Waals surface area contributed by atoms with Gasteiger partial charge in [-0.2, -0.15) is 0 Å². The van der Waals surface area contributed by atoms with Crippen LogP contribution in [0.5, 0.6) is 5.75 Å². The molecule has 4 nitrogen and oxygen atoms in total. The Balaban J connectivity index is 2.07. The quantitative estimate of drug-likeness (QED) is 0.883. The van der Waals surface area contributed by atoms with Gasteiger partial charge >= 0.3 is 0 Å². The number of anilines is 1. The molecule has 100 valence electrons. The molecular weight excluding hydrogens is 226 g/mol. The average molecular weight is 249 g/mol. The fourth-order valence-corrected chi connectivity index (χ4v) is 2.55. The Hall–Kier alpha value is -1.29. The molecule has 0 aliphatic carbocycles. The van der Waals surface area contributed by atoms with Crippen LogP contribution in [-0.4, -0.2) is 38.8 Å². The van der Waals surface area contributed by atoms with E-state index >= 15 is 0 Å². The molecule has 1 aromatic heterocycles. The van der Waals surface area contributed by atoms with Gasteiger partial charge in [0, 0.05) is 19.3 Å². The SMILES string of the molecule is COc1cnc(C)cc1N(C)CC1CCCNC1. The van der Waals surface area contributed by atoms with E-state index in [1.165, 1.54) is 12.8 Å². The molecule has 18 heavy (non-hydrogen) atoms. The van der Waals surface area contributed by atoms with Crippen molar-refractivity contribution in [2.24, 2.45) is 5.92 Å². The van der Waals surface area contributed by atoms with Crippen molar-refractivity contribution in [3.63, 3.8) is 0 Å². The highest BCUT2D eigenvalue weighted by atomic mass is 16.5. The number of ether oxygens (including phenoxy) is 1. The van der Waals surface area contributed by atoms with Crippen LogP contribution in [-0.2, 0) is 0 Å². The zero-order valence-electron chi connectivity index (χ0n) is 11.6. The summed E-state index contributed by atoms with van der Waals surface area (Å²) >= 11 is 0. The third kappa shape index (κ3) is 3.13. The predicted molar refractivity (Wildman–Crippen MR) is 74.4 cm³/mol. The van der Waals surface area contributed by atoms with E-state index in [-0.39, 0.29) is 0 Å². The van der Waals surface area contributed by atoms with Crippen molar-refractivity contribution in [1.82, 2.24) is 10.3 Å². The van der Waals surface area contributed by atoms with E-state index < -0.39 is 0 Å². The van der Waals surface area contributed by atoms with Crippen molar-refractivity contribution >= 4 is 5.69 Å². The van der Waals surface area contributed by atoms with E-state index in [9.17, 15) is 0 Å². The Labute approximate surface area is 109 Å². The Morgan fingerprint density at radius 3 is 3.06 bits per heavy atom. The Morgan fingerprint density at radius 2 is 2.39 bits per heavy atom. The lowest BCUT2D eigenvalue weighted by Crippen LogP contribution is -2.37. The van der Waals surface area contributed by atoms with E-state index in [0.29, 0.717) is 0 Å². The van der Waals surface area contributed by atoms with Crippen molar-refractivity contribution in [1.29, 1.82) is 0 Å². The van der Waals surface area contributed by atoms with Crippen LogP contribution in [0.25, 0.3) is 0 Å². The first-order valence-electron chi connectivity index (χ1n) is 6.63. The first-order chi connectivity index (χ1) is 8.70. The van der Waals surface area contributed by atoms with Crippen LogP contribution in [0.15, 0.2) is 12.3 Å². The molecule has 0 spiro atoms. The maximum atomic E-state index is 5.39. The van der Waals surface area contributed by atoms with Crippen LogP contribution in [0, 0.1) is 12.8 Å². The van der Waals surface area contributed by atoms with Gasteiger partial charge in [0.25, 0.3) is 0 Å². The molecule has 1 N–H and O–H groups in total. The van der Waals surface area contributed by atoms with Crippen molar-refractivity contribution in [3.8, 4) is 5.75 Å². The van der Waals surface area contributed by atoms with E-state index in [0.717, 1.165) is 42.7 Å². The summed E-state index contributed by atoms with van der Waals surface area (Å²) in [5, 5.41) is 3.46. The summed E-state index contributed by atoms with van der Waals surface area (Å²) in [6.07, 6.45) is 4.40. The summed E-state index contributed by atoms with van der Waals surface area (Å²) in [5.41, 5.74) is 2.16. The van der Waals surface area contributed by atoms with E-state index in [1.807, 2.05) is 6.92 Å². The lowest BCUT2D eigenvalue weighted by molar-refractivity contribution is 0.377. The molecule has 0 radical (unpaired) electrons. The van der Waals surface area contributed by atoms with Gasteiger partial charge in [-0.3, -0.25) is 4.98 Å². The molecule has 0 bridgehead atoms. The topological polar surface area (TPSA) is 37.4 Å². The predicted octanol–water partition coefficient (Wildman–Crippen LogP) is 1.83. The van der Waals surface area contributed by atoms with Crippen molar-refractivity contribution < 1.29 is 4.74 Å². The van der Waals surface area contributed by atoms with Crippen molar-refractivity contribution in [3.05, 3.63) is 18.0 Å². The number of nitrogens with one attached hydrogen (secondary N) is 1. The van der Waals surface area contributed by atoms with Gasteiger partial charge in [0.05, 0.1) is 19.0 Å². The van der Waals surface area contributed by atoms with E-state index in [1.54, 1.807) is 13.3 Å². The molecule has 1 aliphatic heterocycles. The standard InChI is InChI=1S/C14H23N3O/c1-11-7-13(14(18-3)9-16-11)17(2)10-12-5-4-6-15-8-12/h7,9,12,15H,4-6,8,10H2,1-3H3. The average Bonchev–Trinajstić information content (AvgIpc) is 2.40. The van der Waals surface area contributed by atoms with Gasteiger partial charge in [-0.1, -0.05) is 0 Å². The van der Waals surface area contributed by atoms with Crippen LogP contribution in [0.2, 0.25) is 0 Å². The van der Waals surface area contributed by atoms with Gasteiger partial charge in [0.1, 0.15) is 0 Å². The number of pyridine rings is 1. The van der Waals surface area contributed by atoms with Crippen LogP contribution in [0.1, 0.15) is 18.5 Å². The lowest BCUT2D eigenvalue weighted by Gasteiger charge is -2.29. The zero-order chi connectivity index (χ0) is 13.0. The van der Waals surface area contributed by atoms with Crippen LogP contribution in [0.4, 0.5) is 5.69 Å². The van der Waals surface area contributed by atoms with Gasteiger partial charge in [0.15, 0.2) is 5.75 Å². The third-order valence-electron chi connectivity index (χ3n) is 3.55. The Morgan fingerprint density at radius 1 is 1.56 bits per heavy atom. The lowest BCUT2D eigenvalue weighted by atomic mass is 9.99. The molecule has 2 heterocycles. The number of aromatic nitrogens is 1. The fraction of sp³-hybridized carbons (Fsp3) is 0.643. The molecule has 0 saturated carbocycles. The third-order valence-corrected chi connectivity index (χ3v) is 3.55. The highest BCUT2D eigenvalue weighted by Gasteiger charge is 2.17. The highest BCUT2D eigenvalue weighted by Crippen LogP contribution is 2.28. The Kier molecular flexibility index (Phi) is 4.42. The number of piperidine rings is 1. The first-order valence-corrected chi connectivity index (χ1v) is 6.63. The molecule has 2 rings (SSSR count). The summed E-state index contributed by atoms with van der Waals surface area (Å²) in [7, 11) is 3.83. The number of hydrogen-bond donors (Lipinski definition) is 1. The second kappa shape index (κ2) is 6.05. The minimum Gasteiger partial charge on any atom is -0.493 e. The first kappa shape index (κ1) is 13.1. The minimum atomic E-state index is 0.724. The second-order valence-corrected chi connectivity index (χ2v) is 5.09. The molecule has 4 heteroatoms. The van der Waals surface area contributed by atoms with Gasteiger partial charge in [-0.15, -0.1) is 0 Å². The molecule has 1 aliphatic rings. The number of aryl methyl sites for hydroxylation is 1. The molecule has 1 saturated heterocycles. The zero-order valence-corrected chi connectivity index (χ0v) is 11.6. The number of hydrogen-bond acceptors (Lipinski definition) is 4. The van der Waals surface area contributed by atoms with Crippen LogP contribution < -0.4 is 15.0 Å². The molecule has 1 aromatic rings. The number of nitrogens with zero attached hydrogens (tertiary/aromatic N) is 2. The molecule has 1 fully saturated rings. The summed E-state index contributed by atoms with van der Waals surface area (Å²) in [4.78, 5) is 6.56. The second-order valence-electron chi connectivity index (χ2n) is 5.09. The van der Waals surface area contributed by atoms with Crippen molar-refractivity contribution in [2.45, 2.75) is 19.8 Å². The number of rotatable bonds is 4. The summed E-state index contributed by atoms with van der Waals surface area (Å²) in [5.74, 6) is 1.58. The molecule has 1 unspecified atom stereocenters. The minimum absolute atomic E-state index is 0.724. The van der Waals surface area contributed by atoms with Crippen molar-refractivity contribution in [2.75, 3.05) is 38.7 Å². The molecule has 0 aromatic carbocycles. The largest absolute Gasteiger partial charge is 0.493 e. The van der Waals surface area contributed by atoms with Gasteiger partial charge in [-0.05, 0) is 44.8 Å². The summed E-state index contributed by atoms with van der Waals surface area (Å²) < 4.78 is 5.39. The molecule has 1 atom stereocenters. The normalized spacial score (nSPS) is 19.6. The maximum Gasteiger partial charge on any atom is 0.160 e. The van der Waals surface area contributed by atoms with Gasteiger partial charge in [0.2, 0.25) is 0 Å². The van der Waals surface area contributed by atoms with E-state index in [2.05, 4.69) is 28.3 Å². The van der Waals surface area contributed by atoms with Crippen LogP contribution in [0.3, 0.4) is 0 Å². The Bertz CT molecular complexity index is 389. The number of methoxy groups -OCH3 is 1. The fourth-order valence-electron chi connectivity index (χ4n) is 2.55. The van der Waals surface area contributed by atoms with E-state index in [4.69, 9.17) is 4.74 Å². The molecular formula is C14H23N3O. The molecule has 0 amide bonds. The van der Waals surface area contributed by atoms with Crippen LogP contribution >= 0.6 is 0 Å². The highest BCUT2D eigenvalue weighted by molar-refractivity contribution is 5.57.